The van der Waals surface area contributed by atoms with Crippen LogP contribution in [0.4, 0.5) is 5.69 Å². The largest absolute Gasteiger partial charge is 0.469 e. The number of furan rings is 1. The molecule has 1 N–H and O–H groups in total. The number of carbonyl (C=O) groups excluding carboxylic acids is 2. The Morgan fingerprint density at radius 2 is 1.97 bits per heavy atom. The predicted octanol–water partition coefficient (Wildman–Crippen LogP) is 3.51. The Morgan fingerprint density at radius 3 is 2.41 bits per heavy atom. The van der Waals surface area contributed by atoms with Crippen LogP contribution < -0.4 is 0 Å². The van der Waals surface area contributed by atoms with Gasteiger partial charge in [0, 0.05) is 23.4 Å². The minimum atomic E-state index is -1.47. The Hall–Kier alpha value is -3.80. The van der Waals surface area contributed by atoms with Crippen LogP contribution in [0.2, 0.25) is 0 Å². The number of non-ortho nitro benzene ring substituents is 1. The van der Waals surface area contributed by atoms with Gasteiger partial charge in [0.05, 0.1) is 35.7 Å². The summed E-state index contributed by atoms with van der Waals surface area (Å²) in [6.45, 7) is 2.99. The van der Waals surface area contributed by atoms with Gasteiger partial charge in [-0.05, 0) is 38.1 Å². The quantitative estimate of drug-likeness (QED) is 0.170. The number of hydrogen-bond acceptors (Lipinski definition) is 8. The summed E-state index contributed by atoms with van der Waals surface area (Å²) in [7, 11) is 0. The van der Waals surface area contributed by atoms with E-state index in [9.17, 15) is 25.0 Å². The topological polar surface area (TPSA) is 147 Å². The summed E-state index contributed by atoms with van der Waals surface area (Å²) < 4.78 is 10.4. The molecule has 3 atom stereocenters. The van der Waals surface area contributed by atoms with Crippen LogP contribution in [-0.2, 0) is 9.53 Å². The number of nitro benzene ring substituents is 1. The zero-order valence-corrected chi connectivity index (χ0v) is 15.8. The summed E-state index contributed by atoms with van der Waals surface area (Å²) in [6.07, 6.45) is 1.34. The summed E-state index contributed by atoms with van der Waals surface area (Å²) >= 11 is 0. The van der Waals surface area contributed by atoms with E-state index >= 15 is 0 Å². The second-order valence-corrected chi connectivity index (χ2v) is 6.23. The van der Waals surface area contributed by atoms with Crippen molar-refractivity contribution in [3.8, 4) is 6.07 Å². The molecule has 0 aliphatic carbocycles. The molecule has 2 aromatic rings. The van der Waals surface area contributed by atoms with E-state index in [4.69, 9.17) is 14.6 Å². The van der Waals surface area contributed by atoms with Crippen LogP contribution in [-0.4, -0.2) is 29.0 Å². The average molecular weight is 397 g/mol. The van der Waals surface area contributed by atoms with Crippen molar-refractivity contribution in [1.29, 1.82) is 10.7 Å². The summed E-state index contributed by atoms with van der Waals surface area (Å²) in [5, 5.41) is 28.4. The van der Waals surface area contributed by atoms with Crippen molar-refractivity contribution in [3.63, 3.8) is 0 Å². The van der Waals surface area contributed by atoms with E-state index < -0.39 is 34.4 Å². The Bertz CT molecular complexity index is 944. The molecule has 150 valence electrons. The molecule has 0 unspecified atom stereocenters. The number of nitro groups is 1. The highest BCUT2D eigenvalue weighted by Crippen LogP contribution is 2.36. The highest BCUT2D eigenvalue weighted by Gasteiger charge is 2.44. The molecule has 0 amide bonds. The maximum absolute atomic E-state index is 13.2. The van der Waals surface area contributed by atoms with Crippen LogP contribution in [0.15, 0.2) is 47.1 Å². The molecule has 0 radical (unpaired) electrons. The minimum Gasteiger partial charge on any atom is -0.469 e. The second-order valence-electron chi connectivity index (χ2n) is 6.23. The van der Waals surface area contributed by atoms with Crippen LogP contribution in [0.3, 0.4) is 0 Å². The standard InChI is InChI=1S/C20H19N3O6/c1-3-28-20(25)18(19(24)13-6-8-14(9-7-13)23(26)27)17(15(11-21)12(2)22)16-5-4-10-29-16/h4-10,15,17-18,22H,3H2,1-2H3/t15-,17+,18+/m0/s1. The molecule has 9 heteroatoms. The van der Waals surface area contributed by atoms with Gasteiger partial charge < -0.3 is 14.6 Å². The van der Waals surface area contributed by atoms with Crippen LogP contribution >= 0.6 is 0 Å². The molecule has 1 aromatic carbocycles. The normalized spacial score (nSPS) is 13.6. The van der Waals surface area contributed by atoms with Crippen LogP contribution in [0, 0.1) is 38.7 Å². The van der Waals surface area contributed by atoms with Crippen molar-refractivity contribution >= 4 is 23.2 Å². The van der Waals surface area contributed by atoms with E-state index in [2.05, 4.69) is 0 Å². The van der Waals surface area contributed by atoms with Gasteiger partial charge in [-0.3, -0.25) is 19.7 Å². The van der Waals surface area contributed by atoms with Crippen molar-refractivity contribution in [1.82, 2.24) is 0 Å². The van der Waals surface area contributed by atoms with Crippen LogP contribution in [0.5, 0.6) is 0 Å². The molecule has 1 aromatic heterocycles. The molecule has 0 spiro atoms. The lowest BCUT2D eigenvalue weighted by molar-refractivity contribution is -0.384. The first-order valence-electron chi connectivity index (χ1n) is 8.75. The molecule has 1 heterocycles. The summed E-state index contributed by atoms with van der Waals surface area (Å²) in [5.74, 6) is -5.02. The third-order valence-corrected chi connectivity index (χ3v) is 4.38. The van der Waals surface area contributed by atoms with Crippen molar-refractivity contribution in [2.24, 2.45) is 11.8 Å². The van der Waals surface area contributed by atoms with E-state index in [0.29, 0.717) is 0 Å². The lowest BCUT2D eigenvalue weighted by Gasteiger charge is -2.26. The van der Waals surface area contributed by atoms with Gasteiger partial charge >= 0.3 is 5.97 Å². The molecule has 9 nitrogen and oxygen atoms in total. The highest BCUT2D eigenvalue weighted by molar-refractivity contribution is 6.10. The lowest BCUT2D eigenvalue weighted by Crippen LogP contribution is -2.37. The van der Waals surface area contributed by atoms with Gasteiger partial charge in [-0.2, -0.15) is 5.26 Å². The zero-order valence-electron chi connectivity index (χ0n) is 15.8. The molecule has 29 heavy (non-hydrogen) atoms. The third-order valence-electron chi connectivity index (χ3n) is 4.38. The number of ketones is 1. The molecule has 0 bridgehead atoms. The van der Waals surface area contributed by atoms with E-state index in [-0.39, 0.29) is 29.3 Å². The Balaban J connectivity index is 2.58. The molecular formula is C20H19N3O6. The molecular weight excluding hydrogens is 378 g/mol. The highest BCUT2D eigenvalue weighted by atomic mass is 16.6. The van der Waals surface area contributed by atoms with Crippen molar-refractivity contribution < 1.29 is 23.7 Å². The van der Waals surface area contributed by atoms with E-state index in [1.165, 1.54) is 31.4 Å². The van der Waals surface area contributed by atoms with Crippen LogP contribution in [0.1, 0.15) is 35.9 Å². The number of esters is 1. The predicted molar refractivity (Wildman–Crippen MR) is 102 cm³/mol. The summed E-state index contributed by atoms with van der Waals surface area (Å²) in [6, 6.07) is 9.82. The first-order valence-corrected chi connectivity index (χ1v) is 8.75. The minimum absolute atomic E-state index is 0.00847. The second kappa shape index (κ2) is 9.41. The Kier molecular flexibility index (Phi) is 6.98. The summed E-state index contributed by atoms with van der Waals surface area (Å²) in [4.78, 5) is 36.2. The molecule has 0 aliphatic rings. The molecule has 0 fully saturated rings. The molecule has 0 saturated heterocycles. The number of nitrogens with one attached hydrogen (secondary N) is 1. The van der Waals surface area contributed by atoms with Crippen molar-refractivity contribution in [2.45, 2.75) is 19.8 Å². The average Bonchev–Trinajstić information content (AvgIpc) is 3.22. The molecule has 0 saturated carbocycles. The number of Topliss-reactive ketones (excluding diaryl/α,β-unsaturated/α-hetero) is 1. The van der Waals surface area contributed by atoms with Gasteiger partial charge in [0.15, 0.2) is 5.78 Å². The first kappa shape index (κ1) is 21.5. The van der Waals surface area contributed by atoms with Gasteiger partial charge in [-0.1, -0.05) is 0 Å². The molecule has 2 rings (SSSR count). The van der Waals surface area contributed by atoms with Crippen LogP contribution in [0.25, 0.3) is 0 Å². The smallest absolute Gasteiger partial charge is 0.317 e. The fraction of sp³-hybridized carbons (Fsp3) is 0.300. The zero-order chi connectivity index (χ0) is 21.6. The number of ether oxygens (including phenoxy) is 1. The van der Waals surface area contributed by atoms with Gasteiger partial charge in [-0.25, -0.2) is 0 Å². The number of nitrogens with zero attached hydrogens (tertiary/aromatic N) is 2. The fourth-order valence-corrected chi connectivity index (χ4v) is 3.02. The van der Waals surface area contributed by atoms with E-state index in [1.54, 1.807) is 13.0 Å². The Morgan fingerprint density at radius 1 is 1.31 bits per heavy atom. The monoisotopic (exact) mass is 397 g/mol. The van der Waals surface area contributed by atoms with Gasteiger partial charge in [0.1, 0.15) is 11.7 Å². The van der Waals surface area contributed by atoms with Crippen molar-refractivity contribution in [2.75, 3.05) is 6.61 Å². The lowest BCUT2D eigenvalue weighted by atomic mass is 9.75. The number of hydrogen-bond donors (Lipinski definition) is 1. The van der Waals surface area contributed by atoms with E-state index in [1.807, 2.05) is 6.07 Å². The van der Waals surface area contributed by atoms with Gasteiger partial charge in [0.25, 0.3) is 5.69 Å². The number of rotatable bonds is 9. The van der Waals surface area contributed by atoms with Crippen molar-refractivity contribution in [3.05, 3.63) is 64.1 Å². The maximum Gasteiger partial charge on any atom is 0.317 e. The fourth-order valence-electron chi connectivity index (χ4n) is 3.02. The number of nitriles is 1. The maximum atomic E-state index is 13.2. The van der Waals surface area contributed by atoms with Gasteiger partial charge in [-0.15, -0.1) is 0 Å². The number of carbonyl (C=O) groups is 2. The molecule has 0 aliphatic heterocycles. The Labute approximate surface area is 166 Å². The summed E-state index contributed by atoms with van der Waals surface area (Å²) in [5.41, 5.74) is -0.203. The van der Waals surface area contributed by atoms with E-state index in [0.717, 1.165) is 12.1 Å². The third kappa shape index (κ3) is 4.73. The first-order chi connectivity index (χ1) is 13.8. The number of benzene rings is 1. The van der Waals surface area contributed by atoms with Gasteiger partial charge in [0.2, 0.25) is 0 Å². The SMILES string of the molecule is CCOC(=O)[C@@H](C(=O)c1ccc([N+](=O)[O-])cc1)[C@@H](c1ccco1)[C@@H](C#N)C(C)=N.